The third-order valence-electron chi connectivity index (χ3n) is 3.54. The van der Waals surface area contributed by atoms with Gasteiger partial charge in [0, 0.05) is 11.7 Å². The number of esters is 1. The van der Waals surface area contributed by atoms with Crippen molar-refractivity contribution in [3.63, 3.8) is 0 Å². The van der Waals surface area contributed by atoms with Crippen LogP contribution in [0.4, 0.5) is 5.69 Å². The molecule has 1 aromatic rings. The summed E-state index contributed by atoms with van der Waals surface area (Å²) in [4.78, 5) is 11.7. The zero-order valence-electron chi connectivity index (χ0n) is 11.8. The minimum atomic E-state index is -0.234. The summed E-state index contributed by atoms with van der Waals surface area (Å²) in [6, 6.07) is 8.17. The van der Waals surface area contributed by atoms with E-state index in [4.69, 9.17) is 4.74 Å². The molecular formula is C16H23NO2. The molecule has 2 rings (SSSR count). The molecule has 19 heavy (non-hydrogen) atoms. The van der Waals surface area contributed by atoms with Crippen molar-refractivity contribution in [1.82, 2.24) is 0 Å². The Labute approximate surface area is 115 Å². The fourth-order valence-electron chi connectivity index (χ4n) is 2.25. The lowest BCUT2D eigenvalue weighted by molar-refractivity contribution is 0.0505. The molecule has 0 amide bonds. The lowest BCUT2D eigenvalue weighted by Gasteiger charge is -2.17. The summed E-state index contributed by atoms with van der Waals surface area (Å²) in [7, 11) is 0. The molecular weight excluding hydrogens is 238 g/mol. The first-order valence-electron chi connectivity index (χ1n) is 7.28. The molecule has 0 aromatic heterocycles. The van der Waals surface area contributed by atoms with E-state index in [-0.39, 0.29) is 5.97 Å². The van der Waals surface area contributed by atoms with Crippen molar-refractivity contribution in [2.24, 2.45) is 5.92 Å². The molecule has 0 heterocycles. The largest absolute Gasteiger partial charge is 0.462 e. The average molecular weight is 261 g/mol. The first-order valence-corrected chi connectivity index (χ1v) is 7.28. The predicted molar refractivity (Wildman–Crippen MR) is 77.4 cm³/mol. The quantitative estimate of drug-likeness (QED) is 0.757. The first-order chi connectivity index (χ1) is 9.24. The zero-order valence-corrected chi connectivity index (χ0v) is 11.8. The highest BCUT2D eigenvalue weighted by Gasteiger charge is 2.29. The molecule has 0 bridgehead atoms. The van der Waals surface area contributed by atoms with Gasteiger partial charge in [-0.15, -0.1) is 0 Å². The van der Waals surface area contributed by atoms with Crippen LogP contribution in [0, 0.1) is 5.92 Å². The monoisotopic (exact) mass is 261 g/mol. The highest BCUT2D eigenvalue weighted by Crippen LogP contribution is 2.35. The van der Waals surface area contributed by atoms with Gasteiger partial charge in [0.05, 0.1) is 12.2 Å². The van der Waals surface area contributed by atoms with Crippen LogP contribution in [0.3, 0.4) is 0 Å². The highest BCUT2D eigenvalue weighted by atomic mass is 16.5. The van der Waals surface area contributed by atoms with Gasteiger partial charge in [0.2, 0.25) is 0 Å². The Morgan fingerprint density at radius 1 is 1.32 bits per heavy atom. The molecule has 1 N–H and O–H groups in total. The average Bonchev–Trinajstić information content (AvgIpc) is 3.27. The first kappa shape index (κ1) is 13.9. The topological polar surface area (TPSA) is 38.3 Å². The third kappa shape index (κ3) is 3.98. The van der Waals surface area contributed by atoms with Gasteiger partial charge in [-0.3, -0.25) is 0 Å². The van der Waals surface area contributed by atoms with Crippen LogP contribution >= 0.6 is 0 Å². The lowest BCUT2D eigenvalue weighted by Crippen LogP contribution is -2.20. The SMILES string of the molecule is CCCOC(=O)c1ccc(NC(CC)C2CC2)cc1. The number of nitrogens with one attached hydrogen (secondary N) is 1. The number of anilines is 1. The van der Waals surface area contributed by atoms with E-state index in [1.165, 1.54) is 12.8 Å². The van der Waals surface area contributed by atoms with Crippen LogP contribution in [0.5, 0.6) is 0 Å². The number of carbonyl (C=O) groups is 1. The third-order valence-corrected chi connectivity index (χ3v) is 3.54. The molecule has 1 aliphatic carbocycles. The van der Waals surface area contributed by atoms with E-state index >= 15 is 0 Å². The van der Waals surface area contributed by atoms with Gasteiger partial charge in [0.25, 0.3) is 0 Å². The Bertz CT molecular complexity index is 409. The summed E-state index contributed by atoms with van der Waals surface area (Å²) in [5.41, 5.74) is 1.71. The minimum absolute atomic E-state index is 0.234. The van der Waals surface area contributed by atoms with E-state index in [1.807, 2.05) is 31.2 Å². The van der Waals surface area contributed by atoms with Crippen molar-refractivity contribution in [2.45, 2.75) is 45.6 Å². The molecule has 104 valence electrons. The van der Waals surface area contributed by atoms with Crippen molar-refractivity contribution in [2.75, 3.05) is 11.9 Å². The predicted octanol–water partition coefficient (Wildman–Crippen LogP) is 3.85. The Balaban J connectivity index is 1.91. The summed E-state index contributed by atoms with van der Waals surface area (Å²) in [6.07, 6.45) is 4.68. The van der Waals surface area contributed by atoms with Crippen molar-refractivity contribution in [1.29, 1.82) is 0 Å². The maximum atomic E-state index is 11.7. The highest BCUT2D eigenvalue weighted by molar-refractivity contribution is 5.89. The van der Waals surface area contributed by atoms with Gasteiger partial charge in [0.15, 0.2) is 0 Å². The van der Waals surface area contributed by atoms with Gasteiger partial charge >= 0.3 is 5.97 Å². The summed E-state index contributed by atoms with van der Waals surface area (Å²) in [5.74, 6) is 0.599. The van der Waals surface area contributed by atoms with E-state index in [1.54, 1.807) is 0 Å². The van der Waals surface area contributed by atoms with E-state index in [9.17, 15) is 4.79 Å². The normalized spacial score (nSPS) is 15.9. The molecule has 0 aliphatic heterocycles. The van der Waals surface area contributed by atoms with Gasteiger partial charge in [-0.2, -0.15) is 0 Å². The molecule has 3 nitrogen and oxygen atoms in total. The summed E-state index contributed by atoms with van der Waals surface area (Å²) in [5, 5.41) is 3.55. The van der Waals surface area contributed by atoms with Crippen LogP contribution < -0.4 is 5.32 Å². The molecule has 0 saturated heterocycles. The summed E-state index contributed by atoms with van der Waals surface area (Å²) in [6.45, 7) is 4.69. The maximum absolute atomic E-state index is 11.7. The minimum Gasteiger partial charge on any atom is -0.462 e. The van der Waals surface area contributed by atoms with Gasteiger partial charge in [-0.1, -0.05) is 13.8 Å². The standard InChI is InChI=1S/C16H23NO2/c1-3-11-19-16(18)13-7-9-14(10-8-13)17-15(4-2)12-5-6-12/h7-10,12,15,17H,3-6,11H2,1-2H3. The van der Waals surface area contributed by atoms with Crippen LogP contribution in [0.1, 0.15) is 49.9 Å². The Morgan fingerprint density at radius 3 is 2.53 bits per heavy atom. The second-order valence-electron chi connectivity index (χ2n) is 5.21. The summed E-state index contributed by atoms with van der Waals surface area (Å²) < 4.78 is 5.11. The van der Waals surface area contributed by atoms with E-state index in [2.05, 4.69) is 12.2 Å². The van der Waals surface area contributed by atoms with E-state index in [0.29, 0.717) is 18.2 Å². The Morgan fingerprint density at radius 2 is 2.00 bits per heavy atom. The zero-order chi connectivity index (χ0) is 13.7. The number of hydrogen-bond donors (Lipinski definition) is 1. The van der Waals surface area contributed by atoms with Gasteiger partial charge in [-0.05, 0) is 55.9 Å². The van der Waals surface area contributed by atoms with Crippen LogP contribution in [-0.2, 0) is 4.74 Å². The van der Waals surface area contributed by atoms with Crippen LogP contribution in [0.15, 0.2) is 24.3 Å². The van der Waals surface area contributed by atoms with E-state index in [0.717, 1.165) is 24.4 Å². The number of rotatable bonds is 7. The second-order valence-corrected chi connectivity index (χ2v) is 5.21. The number of carbonyl (C=O) groups excluding carboxylic acids is 1. The van der Waals surface area contributed by atoms with Crippen LogP contribution in [-0.4, -0.2) is 18.6 Å². The molecule has 1 unspecified atom stereocenters. The Hall–Kier alpha value is -1.51. The Kier molecular flexibility index (Phi) is 4.83. The van der Waals surface area contributed by atoms with Gasteiger partial charge < -0.3 is 10.1 Å². The maximum Gasteiger partial charge on any atom is 0.338 e. The molecule has 1 fully saturated rings. The second kappa shape index (κ2) is 6.60. The molecule has 1 aliphatic rings. The number of benzene rings is 1. The van der Waals surface area contributed by atoms with Crippen molar-refractivity contribution in [3.05, 3.63) is 29.8 Å². The molecule has 1 atom stereocenters. The van der Waals surface area contributed by atoms with Crippen LogP contribution in [0.25, 0.3) is 0 Å². The molecule has 1 saturated carbocycles. The fourth-order valence-corrected chi connectivity index (χ4v) is 2.25. The molecule has 0 spiro atoms. The molecule has 0 radical (unpaired) electrons. The summed E-state index contributed by atoms with van der Waals surface area (Å²) >= 11 is 0. The lowest BCUT2D eigenvalue weighted by atomic mass is 10.1. The number of ether oxygens (including phenoxy) is 1. The fraction of sp³-hybridized carbons (Fsp3) is 0.562. The van der Waals surface area contributed by atoms with Gasteiger partial charge in [0.1, 0.15) is 0 Å². The van der Waals surface area contributed by atoms with Crippen molar-refractivity contribution < 1.29 is 9.53 Å². The van der Waals surface area contributed by atoms with Gasteiger partial charge in [-0.25, -0.2) is 4.79 Å². The molecule has 1 aromatic carbocycles. The van der Waals surface area contributed by atoms with Crippen molar-refractivity contribution >= 4 is 11.7 Å². The van der Waals surface area contributed by atoms with E-state index < -0.39 is 0 Å². The molecule has 3 heteroatoms. The van der Waals surface area contributed by atoms with Crippen molar-refractivity contribution in [3.8, 4) is 0 Å². The smallest absolute Gasteiger partial charge is 0.338 e. The van der Waals surface area contributed by atoms with Crippen LogP contribution in [0.2, 0.25) is 0 Å². The number of hydrogen-bond acceptors (Lipinski definition) is 3.